The van der Waals surface area contributed by atoms with Crippen LogP contribution in [-0.4, -0.2) is 17.4 Å². The molecule has 0 aliphatic carbocycles. The highest BCUT2D eigenvalue weighted by atomic mass is 35.5. The van der Waals surface area contributed by atoms with Gasteiger partial charge in [0, 0.05) is 12.6 Å². The van der Waals surface area contributed by atoms with Crippen LogP contribution in [0, 0.1) is 0 Å². The lowest BCUT2D eigenvalue weighted by atomic mass is 10.3. The predicted molar refractivity (Wildman–Crippen MR) is 56.2 cm³/mol. The third-order valence-corrected chi connectivity index (χ3v) is 1.94. The van der Waals surface area contributed by atoms with Crippen molar-refractivity contribution in [3.05, 3.63) is 23.5 Å². The number of aromatic nitrogens is 1. The lowest BCUT2D eigenvalue weighted by Crippen LogP contribution is -2.13. The fourth-order valence-electron chi connectivity index (χ4n) is 0.955. The molecule has 1 heterocycles. The molecule has 1 aromatic rings. The van der Waals surface area contributed by atoms with Crippen LogP contribution in [0.3, 0.4) is 0 Å². The van der Waals surface area contributed by atoms with E-state index in [4.69, 9.17) is 17.3 Å². The van der Waals surface area contributed by atoms with Crippen LogP contribution < -0.4 is 11.1 Å². The van der Waals surface area contributed by atoms with E-state index < -0.39 is 0 Å². The quantitative estimate of drug-likeness (QED) is 0.744. The number of nitrogens with zero attached hydrogens (tertiary/aromatic N) is 1. The maximum absolute atomic E-state index is 11.3. The van der Waals surface area contributed by atoms with Crippen molar-refractivity contribution >= 4 is 23.2 Å². The van der Waals surface area contributed by atoms with Gasteiger partial charge in [0.15, 0.2) is 5.15 Å². The van der Waals surface area contributed by atoms with Crippen LogP contribution in [-0.2, 0) is 4.79 Å². The Morgan fingerprint density at radius 3 is 3.07 bits per heavy atom. The summed E-state index contributed by atoms with van der Waals surface area (Å²) in [6.45, 7) is 0.508. The number of nitrogens with one attached hydrogen (secondary N) is 1. The molecule has 0 bridgehead atoms. The molecule has 0 saturated carbocycles. The van der Waals surface area contributed by atoms with Crippen molar-refractivity contribution in [1.82, 2.24) is 4.98 Å². The normalized spacial score (nSPS) is 9.86. The van der Waals surface area contributed by atoms with Crippen LogP contribution in [0.1, 0.15) is 12.8 Å². The highest BCUT2D eigenvalue weighted by molar-refractivity contribution is 6.32. The van der Waals surface area contributed by atoms with Crippen molar-refractivity contribution in [3.63, 3.8) is 0 Å². The van der Waals surface area contributed by atoms with E-state index in [1.165, 1.54) is 0 Å². The Labute approximate surface area is 87.5 Å². The van der Waals surface area contributed by atoms with E-state index in [0.717, 1.165) is 0 Å². The third kappa shape index (κ3) is 3.32. The molecule has 0 aromatic carbocycles. The molecule has 0 aliphatic rings. The van der Waals surface area contributed by atoms with Crippen molar-refractivity contribution in [2.24, 2.45) is 5.73 Å². The van der Waals surface area contributed by atoms with Gasteiger partial charge in [-0.1, -0.05) is 11.6 Å². The number of carbonyl (C=O) groups excluding carboxylic acids is 1. The van der Waals surface area contributed by atoms with Crippen LogP contribution in [0.25, 0.3) is 0 Å². The van der Waals surface area contributed by atoms with E-state index in [2.05, 4.69) is 10.3 Å². The lowest BCUT2D eigenvalue weighted by Gasteiger charge is -2.04. The molecule has 4 nitrogen and oxygen atoms in total. The average molecular weight is 214 g/mol. The first-order valence-corrected chi connectivity index (χ1v) is 4.72. The van der Waals surface area contributed by atoms with Crippen LogP contribution in [0.15, 0.2) is 18.3 Å². The minimum absolute atomic E-state index is 0.0923. The van der Waals surface area contributed by atoms with E-state index in [0.29, 0.717) is 30.2 Å². The highest BCUT2D eigenvalue weighted by Crippen LogP contribution is 2.17. The second-order valence-corrected chi connectivity index (χ2v) is 3.14. The maximum Gasteiger partial charge on any atom is 0.224 e. The van der Waals surface area contributed by atoms with Gasteiger partial charge in [-0.05, 0) is 25.1 Å². The summed E-state index contributed by atoms with van der Waals surface area (Å²) in [7, 11) is 0. The van der Waals surface area contributed by atoms with Crippen molar-refractivity contribution in [1.29, 1.82) is 0 Å². The molecule has 0 atom stereocenters. The molecule has 0 radical (unpaired) electrons. The van der Waals surface area contributed by atoms with Crippen LogP contribution in [0.4, 0.5) is 5.69 Å². The van der Waals surface area contributed by atoms with Gasteiger partial charge in [-0.3, -0.25) is 4.79 Å². The second-order valence-electron chi connectivity index (χ2n) is 2.78. The fraction of sp³-hybridized carbons (Fsp3) is 0.333. The number of hydrogen-bond acceptors (Lipinski definition) is 3. The zero-order valence-electron chi connectivity index (χ0n) is 7.66. The minimum atomic E-state index is -0.0923. The van der Waals surface area contributed by atoms with Crippen molar-refractivity contribution in [3.8, 4) is 0 Å². The summed E-state index contributed by atoms with van der Waals surface area (Å²) in [6, 6.07) is 3.42. The third-order valence-electron chi connectivity index (χ3n) is 1.64. The van der Waals surface area contributed by atoms with Gasteiger partial charge in [-0.25, -0.2) is 4.98 Å². The van der Waals surface area contributed by atoms with Crippen molar-refractivity contribution in [2.75, 3.05) is 11.9 Å². The summed E-state index contributed by atoms with van der Waals surface area (Å²) in [5, 5.41) is 2.96. The minimum Gasteiger partial charge on any atom is -0.330 e. The Morgan fingerprint density at radius 2 is 2.43 bits per heavy atom. The summed E-state index contributed by atoms with van der Waals surface area (Å²) in [5.74, 6) is -0.0923. The molecule has 0 spiro atoms. The zero-order valence-corrected chi connectivity index (χ0v) is 8.42. The van der Waals surface area contributed by atoms with E-state index in [-0.39, 0.29) is 5.91 Å². The molecule has 0 unspecified atom stereocenters. The Hall–Kier alpha value is -1.13. The first kappa shape index (κ1) is 10.9. The van der Waals surface area contributed by atoms with Gasteiger partial charge < -0.3 is 11.1 Å². The largest absolute Gasteiger partial charge is 0.330 e. The van der Waals surface area contributed by atoms with Crippen molar-refractivity contribution < 1.29 is 4.79 Å². The topological polar surface area (TPSA) is 68.0 Å². The monoisotopic (exact) mass is 213 g/mol. The first-order chi connectivity index (χ1) is 6.74. The molecule has 76 valence electrons. The van der Waals surface area contributed by atoms with Gasteiger partial charge in [0.25, 0.3) is 0 Å². The van der Waals surface area contributed by atoms with E-state index in [1.54, 1.807) is 18.3 Å². The molecule has 1 rings (SSSR count). The van der Waals surface area contributed by atoms with Crippen LogP contribution in [0.2, 0.25) is 5.15 Å². The smallest absolute Gasteiger partial charge is 0.224 e. The number of rotatable bonds is 4. The van der Waals surface area contributed by atoms with Gasteiger partial charge in [0.05, 0.1) is 5.69 Å². The van der Waals surface area contributed by atoms with Gasteiger partial charge in [0.1, 0.15) is 0 Å². The number of nitrogens with two attached hydrogens (primary N) is 1. The summed E-state index contributed by atoms with van der Waals surface area (Å²) in [5.41, 5.74) is 5.82. The van der Waals surface area contributed by atoms with E-state index in [9.17, 15) is 4.79 Å². The van der Waals surface area contributed by atoms with E-state index >= 15 is 0 Å². The van der Waals surface area contributed by atoms with Gasteiger partial charge in [-0.2, -0.15) is 0 Å². The zero-order chi connectivity index (χ0) is 10.4. The maximum atomic E-state index is 11.3. The number of carbonyl (C=O) groups is 1. The standard InChI is InChI=1S/C9H12ClN3O/c10-9-7(3-2-6-12-9)13-8(14)4-1-5-11/h2-3,6H,1,4-5,11H2,(H,13,14). The number of amides is 1. The summed E-state index contributed by atoms with van der Waals surface area (Å²) in [6.07, 6.45) is 2.64. The molecule has 1 aromatic heterocycles. The fourth-order valence-corrected chi connectivity index (χ4v) is 1.12. The van der Waals surface area contributed by atoms with Crippen LogP contribution >= 0.6 is 11.6 Å². The Balaban J connectivity index is 2.52. The summed E-state index contributed by atoms with van der Waals surface area (Å²) in [4.78, 5) is 15.1. The second kappa shape index (κ2) is 5.57. The van der Waals surface area contributed by atoms with Crippen molar-refractivity contribution in [2.45, 2.75) is 12.8 Å². The molecule has 3 N–H and O–H groups in total. The molecule has 0 saturated heterocycles. The Morgan fingerprint density at radius 1 is 1.64 bits per heavy atom. The number of pyridine rings is 1. The number of halogens is 1. The number of hydrogen-bond donors (Lipinski definition) is 2. The molecule has 5 heteroatoms. The highest BCUT2D eigenvalue weighted by Gasteiger charge is 2.04. The molecule has 0 aliphatic heterocycles. The summed E-state index contributed by atoms with van der Waals surface area (Å²) < 4.78 is 0. The van der Waals surface area contributed by atoms with Crippen LogP contribution in [0.5, 0.6) is 0 Å². The van der Waals surface area contributed by atoms with Gasteiger partial charge in [-0.15, -0.1) is 0 Å². The average Bonchev–Trinajstić information content (AvgIpc) is 2.18. The predicted octanol–water partition coefficient (Wildman–Crippen LogP) is 1.41. The number of anilines is 1. The summed E-state index contributed by atoms with van der Waals surface area (Å²) >= 11 is 5.75. The molecule has 14 heavy (non-hydrogen) atoms. The molecular weight excluding hydrogens is 202 g/mol. The molecule has 1 amide bonds. The Kier molecular flexibility index (Phi) is 4.35. The van der Waals surface area contributed by atoms with E-state index in [1.807, 2.05) is 0 Å². The SMILES string of the molecule is NCCCC(=O)Nc1cccnc1Cl. The lowest BCUT2D eigenvalue weighted by molar-refractivity contribution is -0.116. The molecule has 0 fully saturated rings. The Bertz CT molecular complexity index is 317. The van der Waals surface area contributed by atoms with Gasteiger partial charge >= 0.3 is 0 Å². The first-order valence-electron chi connectivity index (χ1n) is 4.34. The molecular formula is C9H12ClN3O. The van der Waals surface area contributed by atoms with Gasteiger partial charge in [0.2, 0.25) is 5.91 Å².